The van der Waals surface area contributed by atoms with E-state index in [1.807, 2.05) is 18.2 Å². The van der Waals surface area contributed by atoms with Crippen LogP contribution in [-0.2, 0) is 16.0 Å². The highest BCUT2D eigenvalue weighted by atomic mass is 79.9. The summed E-state index contributed by atoms with van der Waals surface area (Å²) in [7, 11) is 1.47. The summed E-state index contributed by atoms with van der Waals surface area (Å²) in [5.41, 5.74) is 2.40. The molecule has 0 amide bonds. The molecular formula is C16H19BrO2. The van der Waals surface area contributed by atoms with Crippen molar-refractivity contribution >= 4 is 21.9 Å². The van der Waals surface area contributed by atoms with E-state index in [4.69, 9.17) is 4.74 Å². The van der Waals surface area contributed by atoms with Gasteiger partial charge in [-0.3, -0.25) is 4.79 Å². The first-order valence-corrected chi connectivity index (χ1v) is 7.52. The Morgan fingerprint density at radius 3 is 2.79 bits per heavy atom. The minimum absolute atomic E-state index is 0.121. The molecule has 0 spiro atoms. The van der Waals surface area contributed by atoms with Crippen LogP contribution in [0.2, 0.25) is 0 Å². The fourth-order valence-corrected chi connectivity index (χ4v) is 3.02. The van der Waals surface area contributed by atoms with E-state index in [9.17, 15) is 4.79 Å². The highest BCUT2D eigenvalue weighted by molar-refractivity contribution is 9.10. The summed E-state index contributed by atoms with van der Waals surface area (Å²) in [6, 6.07) is 8.06. The quantitative estimate of drug-likeness (QED) is 0.611. The zero-order valence-corrected chi connectivity index (χ0v) is 12.8. The molecule has 0 aliphatic heterocycles. The molecule has 3 heteroatoms. The molecule has 0 unspecified atom stereocenters. The summed E-state index contributed by atoms with van der Waals surface area (Å²) < 4.78 is 6.04. The molecular weight excluding hydrogens is 304 g/mol. The number of rotatable bonds is 4. The van der Waals surface area contributed by atoms with Crippen molar-refractivity contribution in [2.75, 3.05) is 7.11 Å². The first-order chi connectivity index (χ1) is 9.22. The van der Waals surface area contributed by atoms with Crippen LogP contribution in [0.3, 0.4) is 0 Å². The van der Waals surface area contributed by atoms with Crippen LogP contribution in [0.5, 0.6) is 0 Å². The van der Waals surface area contributed by atoms with Gasteiger partial charge in [0.05, 0.1) is 13.0 Å². The van der Waals surface area contributed by atoms with Crippen molar-refractivity contribution < 1.29 is 9.53 Å². The van der Waals surface area contributed by atoms with Gasteiger partial charge in [-0.15, -0.1) is 0 Å². The number of carbonyl (C=O) groups is 1. The van der Waals surface area contributed by atoms with E-state index in [2.05, 4.69) is 28.1 Å². The summed E-state index contributed by atoms with van der Waals surface area (Å²) in [6.45, 7) is 0. The normalized spacial score (nSPS) is 16.6. The topological polar surface area (TPSA) is 26.3 Å². The van der Waals surface area contributed by atoms with E-state index >= 15 is 0 Å². The molecule has 19 heavy (non-hydrogen) atoms. The fraction of sp³-hybridized carbons (Fsp3) is 0.438. The van der Waals surface area contributed by atoms with Crippen LogP contribution in [0, 0.1) is 5.92 Å². The van der Waals surface area contributed by atoms with Crippen LogP contribution in [0.1, 0.15) is 31.2 Å². The maximum absolute atomic E-state index is 12.0. The molecule has 0 fully saturated rings. The molecule has 2 rings (SSSR count). The third kappa shape index (κ3) is 3.69. The fourth-order valence-electron chi connectivity index (χ4n) is 2.57. The Kier molecular flexibility index (Phi) is 5.20. The van der Waals surface area contributed by atoms with Crippen LogP contribution >= 0.6 is 15.9 Å². The van der Waals surface area contributed by atoms with E-state index in [1.54, 1.807) is 0 Å². The second kappa shape index (κ2) is 6.90. The van der Waals surface area contributed by atoms with Gasteiger partial charge in [0.2, 0.25) is 0 Å². The number of allylic oxidation sites excluding steroid dienone is 1. The van der Waals surface area contributed by atoms with Crippen molar-refractivity contribution in [1.29, 1.82) is 0 Å². The molecule has 1 atom stereocenters. The largest absolute Gasteiger partial charge is 0.469 e. The average Bonchev–Trinajstić information content (AvgIpc) is 2.46. The van der Waals surface area contributed by atoms with Gasteiger partial charge in [0.15, 0.2) is 0 Å². The zero-order chi connectivity index (χ0) is 13.7. The molecule has 102 valence electrons. The minimum atomic E-state index is -0.135. The summed E-state index contributed by atoms with van der Waals surface area (Å²) in [5.74, 6) is -0.257. The van der Waals surface area contributed by atoms with Crippen molar-refractivity contribution in [3.8, 4) is 0 Å². The van der Waals surface area contributed by atoms with Crippen molar-refractivity contribution in [3.05, 3.63) is 46.0 Å². The number of esters is 1. The second-order valence-electron chi connectivity index (χ2n) is 4.90. The Bertz CT molecular complexity index is 479. The maximum Gasteiger partial charge on any atom is 0.313 e. The van der Waals surface area contributed by atoms with E-state index < -0.39 is 0 Å². The molecule has 0 N–H and O–H groups in total. The summed E-state index contributed by atoms with van der Waals surface area (Å²) in [6.07, 6.45) is 7.44. The summed E-state index contributed by atoms with van der Waals surface area (Å²) in [4.78, 5) is 12.0. The zero-order valence-electron chi connectivity index (χ0n) is 11.2. The molecule has 1 aromatic rings. The smallest absolute Gasteiger partial charge is 0.313 e. The molecule has 0 heterocycles. The van der Waals surface area contributed by atoms with Gasteiger partial charge in [0, 0.05) is 4.47 Å². The number of ether oxygens (including phenoxy) is 1. The highest BCUT2D eigenvalue weighted by Crippen LogP contribution is 2.29. The van der Waals surface area contributed by atoms with Gasteiger partial charge < -0.3 is 4.74 Å². The first-order valence-electron chi connectivity index (χ1n) is 6.72. The molecule has 0 aromatic heterocycles. The Morgan fingerprint density at radius 1 is 1.37 bits per heavy atom. The Labute approximate surface area is 123 Å². The van der Waals surface area contributed by atoms with Gasteiger partial charge in [-0.05, 0) is 43.7 Å². The van der Waals surface area contributed by atoms with E-state index in [0.29, 0.717) is 6.42 Å². The summed E-state index contributed by atoms with van der Waals surface area (Å²) >= 11 is 3.55. The number of methoxy groups -OCH3 is 1. The Morgan fingerprint density at radius 2 is 2.16 bits per heavy atom. The molecule has 1 aromatic carbocycles. The standard InChI is InChI=1S/C16H19BrO2/c1-19-16(18)14(12-7-3-2-4-8-12)11-13-9-5-6-10-15(13)17/h5-7,9-10,14H,2-4,8,11H2,1H3/t14-/m0/s1. The SMILES string of the molecule is COC(=O)[C@@H](Cc1ccccc1Br)C1=CCCCC1. The highest BCUT2D eigenvalue weighted by Gasteiger charge is 2.25. The monoisotopic (exact) mass is 322 g/mol. The van der Waals surface area contributed by atoms with Crippen LogP contribution in [0.4, 0.5) is 0 Å². The summed E-state index contributed by atoms with van der Waals surface area (Å²) in [5, 5.41) is 0. The molecule has 2 nitrogen and oxygen atoms in total. The van der Waals surface area contributed by atoms with Crippen LogP contribution in [-0.4, -0.2) is 13.1 Å². The van der Waals surface area contributed by atoms with Crippen molar-refractivity contribution in [1.82, 2.24) is 0 Å². The van der Waals surface area contributed by atoms with Crippen LogP contribution < -0.4 is 0 Å². The molecule has 0 saturated heterocycles. The van der Waals surface area contributed by atoms with E-state index in [0.717, 1.165) is 22.9 Å². The molecule has 1 aliphatic carbocycles. The lowest BCUT2D eigenvalue weighted by Crippen LogP contribution is -2.22. The lowest BCUT2D eigenvalue weighted by Gasteiger charge is -2.21. The lowest BCUT2D eigenvalue weighted by molar-refractivity contribution is -0.144. The van der Waals surface area contributed by atoms with E-state index in [-0.39, 0.29) is 11.9 Å². The molecule has 0 saturated carbocycles. The Hall–Kier alpha value is -1.09. The first kappa shape index (κ1) is 14.3. The average molecular weight is 323 g/mol. The Balaban J connectivity index is 2.21. The third-order valence-corrected chi connectivity index (χ3v) is 4.41. The van der Waals surface area contributed by atoms with Crippen molar-refractivity contribution in [2.24, 2.45) is 5.92 Å². The van der Waals surface area contributed by atoms with Gasteiger partial charge >= 0.3 is 5.97 Å². The van der Waals surface area contributed by atoms with Crippen LogP contribution in [0.15, 0.2) is 40.4 Å². The predicted molar refractivity (Wildman–Crippen MR) is 79.9 cm³/mol. The maximum atomic E-state index is 12.0. The van der Waals surface area contributed by atoms with E-state index in [1.165, 1.54) is 25.5 Å². The van der Waals surface area contributed by atoms with Crippen LogP contribution in [0.25, 0.3) is 0 Å². The third-order valence-electron chi connectivity index (χ3n) is 3.64. The van der Waals surface area contributed by atoms with Gasteiger partial charge in [-0.25, -0.2) is 0 Å². The van der Waals surface area contributed by atoms with Crippen molar-refractivity contribution in [3.63, 3.8) is 0 Å². The van der Waals surface area contributed by atoms with Gasteiger partial charge in [-0.2, -0.15) is 0 Å². The number of hydrogen-bond donors (Lipinski definition) is 0. The lowest BCUT2D eigenvalue weighted by atomic mass is 9.85. The molecule has 0 bridgehead atoms. The van der Waals surface area contributed by atoms with Gasteiger partial charge in [-0.1, -0.05) is 45.8 Å². The number of carbonyl (C=O) groups excluding carboxylic acids is 1. The minimum Gasteiger partial charge on any atom is -0.469 e. The predicted octanol–water partition coefficient (Wildman–Crippen LogP) is 4.28. The van der Waals surface area contributed by atoms with Gasteiger partial charge in [0.25, 0.3) is 0 Å². The van der Waals surface area contributed by atoms with Crippen molar-refractivity contribution in [2.45, 2.75) is 32.1 Å². The molecule has 0 radical (unpaired) electrons. The number of hydrogen-bond acceptors (Lipinski definition) is 2. The molecule has 1 aliphatic rings. The second-order valence-corrected chi connectivity index (χ2v) is 5.75. The number of benzene rings is 1. The number of halogens is 1. The van der Waals surface area contributed by atoms with Gasteiger partial charge in [0.1, 0.15) is 0 Å².